The van der Waals surface area contributed by atoms with Gasteiger partial charge in [0.2, 0.25) is 11.8 Å². The monoisotopic (exact) mass is 689 g/mol. The largest absolute Gasteiger partial charge is 0.493 e. The first-order valence-corrected chi connectivity index (χ1v) is 18.6. The van der Waals surface area contributed by atoms with Gasteiger partial charge in [-0.1, -0.05) is 43.2 Å². The van der Waals surface area contributed by atoms with E-state index >= 15 is 0 Å². The Morgan fingerprint density at radius 2 is 1.74 bits per heavy atom. The molecule has 2 heterocycles. The second kappa shape index (κ2) is 15.6. The van der Waals surface area contributed by atoms with Crippen LogP contribution in [-0.2, 0) is 37.6 Å². The molecule has 2 aliphatic carbocycles. The highest BCUT2D eigenvalue weighted by atomic mass is 16.6. The van der Waals surface area contributed by atoms with Crippen LogP contribution in [0.5, 0.6) is 11.5 Å². The van der Waals surface area contributed by atoms with Gasteiger partial charge in [-0.3, -0.25) is 9.59 Å². The summed E-state index contributed by atoms with van der Waals surface area (Å²) in [5, 5.41) is 3.43. The zero-order chi connectivity index (χ0) is 35.3. The zero-order valence-electron chi connectivity index (χ0n) is 30.3. The second-order valence-corrected chi connectivity index (χ2v) is 15.6. The van der Waals surface area contributed by atoms with Gasteiger partial charge in [0, 0.05) is 51.4 Å². The SMILES string of the molecule is COCCCOc1cc(CN(C(=O)[C@@H]2C[C@H](C(=O)NC3(c4ccccc4)CCCC3)CN(C(=O)OC(C)(C)C)C2)C2CC2)cc2c1CCCO2. The van der Waals surface area contributed by atoms with Crippen LogP contribution in [0.25, 0.3) is 0 Å². The summed E-state index contributed by atoms with van der Waals surface area (Å²) in [6.45, 7) is 8.14. The molecule has 2 aromatic rings. The molecule has 3 fully saturated rings. The quantitative estimate of drug-likeness (QED) is 0.258. The minimum absolute atomic E-state index is 0.0293. The van der Waals surface area contributed by atoms with Crippen molar-refractivity contribution in [3.05, 3.63) is 59.2 Å². The predicted octanol–water partition coefficient (Wildman–Crippen LogP) is 6.38. The van der Waals surface area contributed by atoms with Gasteiger partial charge >= 0.3 is 6.09 Å². The lowest BCUT2D eigenvalue weighted by molar-refractivity contribution is -0.141. The Labute approximate surface area is 297 Å². The molecule has 6 rings (SSSR count). The summed E-state index contributed by atoms with van der Waals surface area (Å²) in [6, 6.07) is 14.4. The van der Waals surface area contributed by atoms with Gasteiger partial charge in [-0.05, 0) is 89.0 Å². The van der Waals surface area contributed by atoms with E-state index in [1.54, 1.807) is 12.0 Å². The zero-order valence-corrected chi connectivity index (χ0v) is 30.3. The number of fused-ring (bicyclic) bond motifs is 1. The summed E-state index contributed by atoms with van der Waals surface area (Å²) in [5.74, 6) is 0.407. The molecule has 0 bridgehead atoms. The van der Waals surface area contributed by atoms with Gasteiger partial charge in [0.25, 0.3) is 0 Å². The Bertz CT molecular complexity index is 1500. The summed E-state index contributed by atoms with van der Waals surface area (Å²) in [5.41, 5.74) is 1.99. The van der Waals surface area contributed by atoms with Crippen LogP contribution >= 0.6 is 0 Å². The summed E-state index contributed by atoms with van der Waals surface area (Å²) in [7, 11) is 1.68. The van der Waals surface area contributed by atoms with Crippen LogP contribution in [0.3, 0.4) is 0 Å². The van der Waals surface area contributed by atoms with E-state index in [-0.39, 0.29) is 30.9 Å². The Morgan fingerprint density at radius 1 is 1.00 bits per heavy atom. The van der Waals surface area contributed by atoms with Gasteiger partial charge < -0.3 is 34.1 Å². The number of hydrogen-bond donors (Lipinski definition) is 1. The number of ether oxygens (including phenoxy) is 4. The second-order valence-electron chi connectivity index (χ2n) is 15.6. The van der Waals surface area contributed by atoms with Crippen molar-refractivity contribution < 1.29 is 33.3 Å². The maximum Gasteiger partial charge on any atom is 0.410 e. The van der Waals surface area contributed by atoms with E-state index in [2.05, 4.69) is 23.5 Å². The van der Waals surface area contributed by atoms with Crippen molar-refractivity contribution in [2.75, 3.05) is 40.0 Å². The van der Waals surface area contributed by atoms with Crippen LogP contribution in [0.2, 0.25) is 0 Å². The first-order chi connectivity index (χ1) is 24.0. The van der Waals surface area contributed by atoms with Crippen LogP contribution in [0.15, 0.2) is 42.5 Å². The molecule has 2 saturated carbocycles. The first kappa shape index (κ1) is 36.0. The van der Waals surface area contributed by atoms with Crippen molar-refractivity contribution in [1.29, 1.82) is 0 Å². The molecule has 1 N–H and O–H groups in total. The fourth-order valence-corrected chi connectivity index (χ4v) is 7.79. The first-order valence-electron chi connectivity index (χ1n) is 18.6. The van der Waals surface area contributed by atoms with E-state index in [1.807, 2.05) is 49.9 Å². The number of methoxy groups -OCH3 is 1. The van der Waals surface area contributed by atoms with Crippen molar-refractivity contribution in [3.8, 4) is 11.5 Å². The summed E-state index contributed by atoms with van der Waals surface area (Å²) < 4.78 is 23.3. The lowest BCUT2D eigenvalue weighted by Gasteiger charge is -2.40. The van der Waals surface area contributed by atoms with Crippen molar-refractivity contribution in [2.24, 2.45) is 11.8 Å². The number of nitrogens with one attached hydrogen (secondary N) is 1. The fraction of sp³-hybridized carbons (Fsp3) is 0.625. The lowest BCUT2D eigenvalue weighted by atomic mass is 9.84. The van der Waals surface area contributed by atoms with Crippen LogP contribution in [0.1, 0.15) is 95.2 Å². The molecular weight excluding hydrogens is 634 g/mol. The maximum atomic E-state index is 14.6. The molecule has 0 spiro atoms. The molecule has 0 aromatic heterocycles. The number of carbonyl (C=O) groups is 3. The number of carbonyl (C=O) groups excluding carboxylic acids is 3. The molecule has 2 aromatic carbocycles. The van der Waals surface area contributed by atoms with Gasteiger partial charge in [-0.2, -0.15) is 0 Å². The van der Waals surface area contributed by atoms with Crippen molar-refractivity contribution in [1.82, 2.24) is 15.1 Å². The number of likely N-dealkylation sites (tertiary alicyclic amines) is 1. The van der Waals surface area contributed by atoms with Crippen molar-refractivity contribution in [3.63, 3.8) is 0 Å². The third-order valence-corrected chi connectivity index (χ3v) is 10.4. The standard InChI is InChI=1S/C40H55N3O7/c1-39(2,3)50-38(46)42-26-29(36(44)41-40(17-8-9-18-40)31-12-6-5-7-13-31)24-30(27-42)37(45)43(32-15-16-32)25-28-22-34-33(14-10-20-48-34)35(23-28)49-21-11-19-47-4/h5-7,12-13,22-23,29-30,32H,8-11,14-21,24-27H2,1-4H3,(H,41,44)/t29-,30+/m0/s1. The molecule has 0 radical (unpaired) electrons. The molecule has 10 heteroatoms. The van der Waals surface area contributed by atoms with Crippen LogP contribution < -0.4 is 14.8 Å². The molecule has 272 valence electrons. The van der Waals surface area contributed by atoms with Crippen molar-refractivity contribution in [2.45, 2.75) is 109 Å². The van der Waals surface area contributed by atoms with Gasteiger partial charge in [0.1, 0.15) is 17.1 Å². The number of nitrogens with zero attached hydrogens (tertiary/aromatic N) is 2. The highest BCUT2D eigenvalue weighted by Gasteiger charge is 2.45. The number of rotatable bonds is 12. The van der Waals surface area contributed by atoms with E-state index in [0.29, 0.717) is 32.8 Å². The topological polar surface area (TPSA) is 107 Å². The van der Waals surface area contributed by atoms with E-state index in [4.69, 9.17) is 18.9 Å². The average Bonchev–Trinajstić information content (AvgIpc) is 3.84. The van der Waals surface area contributed by atoms with E-state index < -0.39 is 29.1 Å². The van der Waals surface area contributed by atoms with E-state index in [0.717, 1.165) is 86.0 Å². The third kappa shape index (κ3) is 8.74. The van der Waals surface area contributed by atoms with Gasteiger partial charge in [-0.25, -0.2) is 4.79 Å². The molecule has 10 nitrogen and oxygen atoms in total. The number of benzene rings is 2. The Kier molecular flexibility index (Phi) is 11.3. The lowest BCUT2D eigenvalue weighted by Crippen LogP contribution is -2.55. The van der Waals surface area contributed by atoms with Gasteiger partial charge in [0.15, 0.2) is 0 Å². The molecule has 1 saturated heterocycles. The smallest absolute Gasteiger partial charge is 0.410 e. The molecule has 3 amide bonds. The van der Waals surface area contributed by atoms with Gasteiger partial charge in [-0.15, -0.1) is 0 Å². The number of amides is 3. The number of hydrogen-bond acceptors (Lipinski definition) is 7. The van der Waals surface area contributed by atoms with Crippen LogP contribution in [0, 0.1) is 11.8 Å². The Hall–Kier alpha value is -3.79. The van der Waals surface area contributed by atoms with Crippen molar-refractivity contribution >= 4 is 17.9 Å². The maximum absolute atomic E-state index is 14.6. The highest BCUT2D eigenvalue weighted by molar-refractivity contribution is 5.85. The summed E-state index contributed by atoms with van der Waals surface area (Å²) in [6.07, 6.45) is 8.15. The van der Waals surface area contributed by atoms with E-state index in [9.17, 15) is 14.4 Å². The Balaban J connectivity index is 1.23. The van der Waals surface area contributed by atoms with Crippen LogP contribution in [0.4, 0.5) is 4.79 Å². The molecular formula is C40H55N3O7. The average molecular weight is 690 g/mol. The third-order valence-electron chi connectivity index (χ3n) is 10.4. The van der Waals surface area contributed by atoms with E-state index in [1.165, 1.54) is 0 Å². The molecule has 50 heavy (non-hydrogen) atoms. The van der Waals surface area contributed by atoms with Crippen LogP contribution in [-0.4, -0.2) is 79.4 Å². The fourth-order valence-electron chi connectivity index (χ4n) is 7.79. The highest BCUT2D eigenvalue weighted by Crippen LogP contribution is 2.41. The van der Waals surface area contributed by atoms with Gasteiger partial charge in [0.05, 0.1) is 30.6 Å². The molecule has 2 aliphatic heterocycles. The summed E-state index contributed by atoms with van der Waals surface area (Å²) >= 11 is 0. The molecule has 0 unspecified atom stereocenters. The Morgan fingerprint density at radius 3 is 2.44 bits per heavy atom. The predicted molar refractivity (Wildman–Crippen MR) is 190 cm³/mol. The summed E-state index contributed by atoms with van der Waals surface area (Å²) in [4.78, 5) is 45.8. The molecule has 4 aliphatic rings. The minimum atomic E-state index is -0.703. The normalized spacial score (nSPS) is 21.5. The molecule has 2 atom stereocenters. The minimum Gasteiger partial charge on any atom is -0.493 e. The number of piperidine rings is 1.